The zero-order valence-corrected chi connectivity index (χ0v) is 16.5. The molecular formula is C25H29NO2. The van der Waals surface area contributed by atoms with Gasteiger partial charge in [0.15, 0.2) is 6.23 Å². The molecule has 0 radical (unpaired) electrons. The number of hydrogen-bond acceptors (Lipinski definition) is 3. The highest BCUT2D eigenvalue weighted by atomic mass is 16.5. The van der Waals surface area contributed by atoms with E-state index in [2.05, 4.69) is 54.7 Å². The number of fused-ring (bicyclic) bond motifs is 1. The monoisotopic (exact) mass is 375 g/mol. The topological polar surface area (TPSA) is 41.5 Å². The summed E-state index contributed by atoms with van der Waals surface area (Å²) in [4.78, 5) is 0. The smallest absolute Gasteiger partial charge is 0.157 e. The van der Waals surface area contributed by atoms with Gasteiger partial charge in [-0.05, 0) is 78.4 Å². The molecule has 0 saturated carbocycles. The summed E-state index contributed by atoms with van der Waals surface area (Å²) >= 11 is 0. The van der Waals surface area contributed by atoms with Gasteiger partial charge in [0.05, 0.1) is 0 Å². The average Bonchev–Trinajstić information content (AvgIpc) is 2.73. The zero-order valence-electron chi connectivity index (χ0n) is 16.5. The largest absolute Gasteiger partial charge is 0.508 e. The van der Waals surface area contributed by atoms with Crippen LogP contribution in [-0.4, -0.2) is 17.9 Å². The van der Waals surface area contributed by atoms with Crippen LogP contribution in [0.2, 0.25) is 0 Å². The molecule has 0 bridgehead atoms. The first kappa shape index (κ1) is 18.8. The summed E-state index contributed by atoms with van der Waals surface area (Å²) in [6.07, 6.45) is 5.81. The van der Waals surface area contributed by atoms with Gasteiger partial charge >= 0.3 is 0 Å². The number of rotatable bonds is 6. The maximum Gasteiger partial charge on any atom is 0.157 e. The molecule has 2 unspecified atom stereocenters. The first-order valence-electron chi connectivity index (χ1n) is 10.4. The minimum atomic E-state index is -0.0233. The summed E-state index contributed by atoms with van der Waals surface area (Å²) in [7, 11) is 0. The van der Waals surface area contributed by atoms with Gasteiger partial charge in [-0.25, -0.2) is 0 Å². The Hall–Kier alpha value is -2.52. The van der Waals surface area contributed by atoms with Crippen LogP contribution in [0.25, 0.3) is 10.8 Å². The molecule has 1 aliphatic heterocycles. The Morgan fingerprint density at radius 1 is 1.00 bits per heavy atom. The summed E-state index contributed by atoms with van der Waals surface area (Å²) in [5.74, 6) is 1.55. The molecule has 0 amide bonds. The van der Waals surface area contributed by atoms with Gasteiger partial charge in [-0.15, -0.1) is 0 Å². The highest BCUT2D eigenvalue weighted by Gasteiger charge is 2.28. The number of piperidine rings is 1. The first-order valence-corrected chi connectivity index (χ1v) is 10.4. The summed E-state index contributed by atoms with van der Waals surface area (Å²) in [5.41, 5.74) is 2.66. The molecule has 2 atom stereocenters. The summed E-state index contributed by atoms with van der Waals surface area (Å²) < 4.78 is 6.36. The molecule has 2 N–H and O–H groups in total. The van der Waals surface area contributed by atoms with Crippen molar-refractivity contribution in [3.8, 4) is 11.5 Å². The Bertz CT molecular complexity index is 919. The van der Waals surface area contributed by atoms with Gasteiger partial charge in [0.25, 0.3) is 0 Å². The molecule has 0 aliphatic carbocycles. The molecule has 146 valence electrons. The van der Waals surface area contributed by atoms with Gasteiger partial charge in [0.2, 0.25) is 0 Å². The molecule has 3 aromatic rings. The number of aromatic hydroxyl groups is 1. The van der Waals surface area contributed by atoms with Crippen molar-refractivity contribution in [1.29, 1.82) is 0 Å². The Labute approximate surface area is 167 Å². The molecule has 3 heteroatoms. The number of phenolic OH excluding ortho intramolecular Hbond substituents is 1. The van der Waals surface area contributed by atoms with E-state index in [0.29, 0.717) is 11.7 Å². The van der Waals surface area contributed by atoms with Crippen molar-refractivity contribution in [1.82, 2.24) is 5.32 Å². The third-order valence-corrected chi connectivity index (χ3v) is 5.68. The molecule has 1 saturated heterocycles. The summed E-state index contributed by atoms with van der Waals surface area (Å²) in [6, 6.07) is 20.6. The maximum absolute atomic E-state index is 9.69. The minimum absolute atomic E-state index is 0.0233. The van der Waals surface area contributed by atoms with E-state index in [-0.39, 0.29) is 6.23 Å². The van der Waals surface area contributed by atoms with Crippen LogP contribution in [0.4, 0.5) is 0 Å². The third-order valence-electron chi connectivity index (χ3n) is 5.68. The highest BCUT2D eigenvalue weighted by molar-refractivity contribution is 5.84. The number of benzene rings is 3. The van der Waals surface area contributed by atoms with Crippen molar-refractivity contribution in [2.75, 3.05) is 6.54 Å². The van der Waals surface area contributed by atoms with Crippen molar-refractivity contribution in [2.45, 2.75) is 51.2 Å². The second-order valence-electron chi connectivity index (χ2n) is 7.78. The Morgan fingerprint density at radius 2 is 1.79 bits per heavy atom. The highest BCUT2D eigenvalue weighted by Crippen LogP contribution is 2.32. The van der Waals surface area contributed by atoms with Crippen molar-refractivity contribution in [3.63, 3.8) is 0 Å². The SMILES string of the molecule is CCCCc1ccc(OC2NCCCC2c2ccc3cc(O)ccc3c2)cc1. The maximum atomic E-state index is 9.69. The predicted molar refractivity (Wildman–Crippen MR) is 115 cm³/mol. The van der Waals surface area contributed by atoms with Crippen LogP contribution in [-0.2, 0) is 6.42 Å². The molecule has 0 aromatic heterocycles. The van der Waals surface area contributed by atoms with E-state index >= 15 is 0 Å². The van der Waals surface area contributed by atoms with Gasteiger partial charge < -0.3 is 9.84 Å². The lowest BCUT2D eigenvalue weighted by atomic mass is 9.88. The second-order valence-corrected chi connectivity index (χ2v) is 7.78. The molecule has 1 heterocycles. The molecule has 3 aromatic carbocycles. The Balaban J connectivity index is 1.52. The van der Waals surface area contributed by atoms with E-state index in [1.807, 2.05) is 12.1 Å². The third kappa shape index (κ3) is 4.31. The average molecular weight is 376 g/mol. The van der Waals surface area contributed by atoms with E-state index in [0.717, 1.165) is 42.3 Å². The van der Waals surface area contributed by atoms with E-state index in [4.69, 9.17) is 4.74 Å². The summed E-state index contributed by atoms with van der Waals surface area (Å²) in [6.45, 7) is 3.21. The number of unbranched alkanes of at least 4 members (excludes halogenated alkanes) is 1. The van der Waals surface area contributed by atoms with E-state index in [9.17, 15) is 5.11 Å². The van der Waals surface area contributed by atoms with Gasteiger partial charge in [0.1, 0.15) is 11.5 Å². The molecule has 1 fully saturated rings. The molecule has 28 heavy (non-hydrogen) atoms. The fourth-order valence-corrected chi connectivity index (χ4v) is 4.07. The van der Waals surface area contributed by atoms with Crippen molar-refractivity contribution in [2.24, 2.45) is 0 Å². The lowest BCUT2D eigenvalue weighted by Crippen LogP contribution is -2.44. The molecule has 0 spiro atoms. The number of hydrogen-bond donors (Lipinski definition) is 2. The van der Waals surface area contributed by atoms with Gasteiger partial charge in [0, 0.05) is 5.92 Å². The number of ether oxygens (including phenoxy) is 1. The minimum Gasteiger partial charge on any atom is -0.508 e. The molecule has 4 rings (SSSR count). The van der Waals surface area contributed by atoms with Crippen LogP contribution in [0.3, 0.4) is 0 Å². The van der Waals surface area contributed by atoms with Crippen LogP contribution in [0.1, 0.15) is 49.7 Å². The fraction of sp³-hybridized carbons (Fsp3) is 0.360. The fourth-order valence-electron chi connectivity index (χ4n) is 4.07. The van der Waals surface area contributed by atoms with Gasteiger partial charge in [-0.2, -0.15) is 0 Å². The number of aryl methyl sites for hydroxylation is 1. The summed E-state index contributed by atoms with van der Waals surface area (Å²) in [5, 5.41) is 15.5. The van der Waals surface area contributed by atoms with Crippen molar-refractivity contribution >= 4 is 10.8 Å². The molecule has 3 nitrogen and oxygen atoms in total. The second kappa shape index (κ2) is 8.66. The Kier molecular flexibility index (Phi) is 5.82. The van der Waals surface area contributed by atoms with Crippen LogP contribution in [0.15, 0.2) is 60.7 Å². The molecule has 1 aliphatic rings. The lowest BCUT2D eigenvalue weighted by molar-refractivity contribution is 0.108. The zero-order chi connectivity index (χ0) is 19.3. The normalized spacial score (nSPS) is 19.6. The van der Waals surface area contributed by atoms with E-state index in [1.54, 1.807) is 6.07 Å². The van der Waals surface area contributed by atoms with Gasteiger partial charge in [-0.1, -0.05) is 49.7 Å². The van der Waals surface area contributed by atoms with Crippen molar-refractivity contribution in [3.05, 3.63) is 71.8 Å². The standard InChI is InChI=1S/C25H29NO2/c1-2-3-5-18-7-13-23(14-8-18)28-25-24(6-4-15-26-25)21-10-9-20-17-22(27)12-11-19(20)16-21/h7-14,16-17,24-27H,2-6,15H2,1H3. The van der Waals surface area contributed by atoms with Crippen LogP contribution in [0, 0.1) is 0 Å². The Morgan fingerprint density at radius 3 is 2.61 bits per heavy atom. The number of phenols is 1. The van der Waals surface area contributed by atoms with Gasteiger partial charge in [-0.3, -0.25) is 5.32 Å². The van der Waals surface area contributed by atoms with E-state index in [1.165, 1.54) is 24.0 Å². The quantitative estimate of drug-likeness (QED) is 0.575. The van der Waals surface area contributed by atoms with Crippen molar-refractivity contribution < 1.29 is 9.84 Å². The van der Waals surface area contributed by atoms with Crippen LogP contribution < -0.4 is 10.1 Å². The number of nitrogens with one attached hydrogen (secondary N) is 1. The lowest BCUT2D eigenvalue weighted by Gasteiger charge is -2.33. The van der Waals surface area contributed by atoms with Crippen LogP contribution >= 0.6 is 0 Å². The molecular weight excluding hydrogens is 346 g/mol. The van der Waals surface area contributed by atoms with E-state index < -0.39 is 0 Å². The first-order chi connectivity index (χ1) is 13.7. The predicted octanol–water partition coefficient (Wildman–Crippen LogP) is 5.76. The van der Waals surface area contributed by atoms with Crippen LogP contribution in [0.5, 0.6) is 11.5 Å².